The third kappa shape index (κ3) is 3.64. The summed E-state index contributed by atoms with van der Waals surface area (Å²) in [6.45, 7) is 4.26. The SMILES string of the molecule is CC(C)CC(NC(=O)c1ccoc1Cl)c1ccccc1. The number of hydrogen-bond acceptors (Lipinski definition) is 2. The van der Waals surface area contributed by atoms with Crippen LogP contribution in [0.5, 0.6) is 0 Å². The van der Waals surface area contributed by atoms with Crippen molar-refractivity contribution < 1.29 is 9.21 Å². The van der Waals surface area contributed by atoms with Gasteiger partial charge in [0.05, 0.1) is 17.9 Å². The van der Waals surface area contributed by atoms with Crippen LogP contribution in [0.3, 0.4) is 0 Å². The van der Waals surface area contributed by atoms with Crippen LogP contribution in [0.2, 0.25) is 5.22 Å². The highest BCUT2D eigenvalue weighted by atomic mass is 35.5. The van der Waals surface area contributed by atoms with Crippen molar-refractivity contribution >= 4 is 17.5 Å². The van der Waals surface area contributed by atoms with Gasteiger partial charge in [-0.3, -0.25) is 4.79 Å². The third-order valence-corrected chi connectivity index (χ3v) is 3.37. The molecule has 0 saturated heterocycles. The van der Waals surface area contributed by atoms with Crippen molar-refractivity contribution in [2.24, 2.45) is 5.92 Å². The van der Waals surface area contributed by atoms with Gasteiger partial charge < -0.3 is 9.73 Å². The zero-order valence-electron chi connectivity index (χ0n) is 11.6. The van der Waals surface area contributed by atoms with Crippen molar-refractivity contribution in [1.29, 1.82) is 0 Å². The van der Waals surface area contributed by atoms with Gasteiger partial charge >= 0.3 is 0 Å². The molecule has 106 valence electrons. The molecule has 0 aliphatic rings. The summed E-state index contributed by atoms with van der Waals surface area (Å²) in [7, 11) is 0. The molecule has 0 saturated carbocycles. The molecule has 1 heterocycles. The molecule has 0 bridgehead atoms. The Labute approximate surface area is 123 Å². The van der Waals surface area contributed by atoms with Crippen molar-refractivity contribution in [3.63, 3.8) is 0 Å². The molecule has 0 fully saturated rings. The number of carbonyl (C=O) groups is 1. The number of rotatable bonds is 5. The lowest BCUT2D eigenvalue weighted by atomic mass is 9.97. The van der Waals surface area contributed by atoms with Gasteiger partial charge in [-0.25, -0.2) is 0 Å². The number of hydrogen-bond donors (Lipinski definition) is 1. The molecule has 20 heavy (non-hydrogen) atoms. The Kier molecular flexibility index (Phi) is 4.85. The summed E-state index contributed by atoms with van der Waals surface area (Å²) >= 11 is 5.84. The van der Waals surface area contributed by atoms with E-state index in [-0.39, 0.29) is 17.2 Å². The van der Waals surface area contributed by atoms with Gasteiger partial charge in [0.2, 0.25) is 5.22 Å². The zero-order valence-corrected chi connectivity index (χ0v) is 12.4. The first-order valence-corrected chi connectivity index (χ1v) is 7.04. The second-order valence-corrected chi connectivity index (χ2v) is 5.52. The van der Waals surface area contributed by atoms with E-state index in [1.807, 2.05) is 30.3 Å². The molecular weight excluding hydrogens is 274 g/mol. The quantitative estimate of drug-likeness (QED) is 0.884. The van der Waals surface area contributed by atoms with Gasteiger partial charge in [0, 0.05) is 0 Å². The molecular formula is C16H18ClNO2. The van der Waals surface area contributed by atoms with Crippen molar-refractivity contribution in [2.45, 2.75) is 26.3 Å². The molecule has 1 unspecified atom stereocenters. The van der Waals surface area contributed by atoms with Crippen molar-refractivity contribution in [3.05, 3.63) is 59.0 Å². The van der Waals surface area contributed by atoms with Crippen LogP contribution in [0.4, 0.5) is 0 Å². The van der Waals surface area contributed by atoms with Crippen LogP contribution in [0.1, 0.15) is 42.2 Å². The minimum absolute atomic E-state index is 0.0327. The number of nitrogens with one attached hydrogen (secondary N) is 1. The maximum atomic E-state index is 12.2. The Morgan fingerprint density at radius 2 is 1.95 bits per heavy atom. The Morgan fingerprint density at radius 1 is 1.25 bits per heavy atom. The Hall–Kier alpha value is -1.74. The highest BCUT2D eigenvalue weighted by Crippen LogP contribution is 2.23. The topological polar surface area (TPSA) is 42.2 Å². The summed E-state index contributed by atoms with van der Waals surface area (Å²) in [5.74, 6) is 0.263. The van der Waals surface area contributed by atoms with E-state index >= 15 is 0 Å². The first-order chi connectivity index (χ1) is 9.58. The fraction of sp³-hybridized carbons (Fsp3) is 0.312. The molecule has 0 spiro atoms. The number of furan rings is 1. The van der Waals surface area contributed by atoms with Gasteiger partial charge in [0.15, 0.2) is 0 Å². The summed E-state index contributed by atoms with van der Waals surface area (Å²) in [6.07, 6.45) is 2.28. The average molecular weight is 292 g/mol. The van der Waals surface area contributed by atoms with E-state index in [2.05, 4.69) is 19.2 Å². The van der Waals surface area contributed by atoms with E-state index in [1.165, 1.54) is 6.26 Å². The first kappa shape index (κ1) is 14.7. The second-order valence-electron chi connectivity index (χ2n) is 5.17. The molecule has 2 rings (SSSR count). The maximum absolute atomic E-state index is 12.2. The van der Waals surface area contributed by atoms with Crippen LogP contribution in [0, 0.1) is 5.92 Å². The number of halogens is 1. The fourth-order valence-corrected chi connectivity index (χ4v) is 2.33. The van der Waals surface area contributed by atoms with Gasteiger partial charge in [0.1, 0.15) is 0 Å². The summed E-state index contributed by atoms with van der Waals surface area (Å²) in [6, 6.07) is 11.5. The third-order valence-electron chi connectivity index (χ3n) is 3.08. The normalized spacial score (nSPS) is 12.4. The Morgan fingerprint density at radius 3 is 2.50 bits per heavy atom. The molecule has 0 radical (unpaired) electrons. The van der Waals surface area contributed by atoms with Crippen molar-refractivity contribution in [2.75, 3.05) is 0 Å². The average Bonchev–Trinajstić information content (AvgIpc) is 2.85. The molecule has 0 aliphatic carbocycles. The Bertz CT molecular complexity index is 563. The fourth-order valence-electron chi connectivity index (χ4n) is 2.13. The monoisotopic (exact) mass is 291 g/mol. The standard InChI is InChI=1S/C16H18ClNO2/c1-11(2)10-14(12-6-4-3-5-7-12)18-16(19)13-8-9-20-15(13)17/h3-9,11,14H,10H2,1-2H3,(H,18,19). The number of amides is 1. The molecule has 4 heteroatoms. The van der Waals surface area contributed by atoms with Gasteiger partial charge in [0.25, 0.3) is 5.91 Å². The van der Waals surface area contributed by atoms with Crippen LogP contribution in [0.15, 0.2) is 47.1 Å². The molecule has 0 aliphatic heterocycles. The van der Waals surface area contributed by atoms with Crippen molar-refractivity contribution in [1.82, 2.24) is 5.32 Å². The van der Waals surface area contributed by atoms with Crippen LogP contribution in [0.25, 0.3) is 0 Å². The molecule has 1 atom stereocenters. The highest BCUT2D eigenvalue weighted by Gasteiger charge is 2.19. The van der Waals surface area contributed by atoms with E-state index in [0.29, 0.717) is 11.5 Å². The van der Waals surface area contributed by atoms with Crippen LogP contribution >= 0.6 is 11.6 Å². The molecule has 1 aromatic carbocycles. The highest BCUT2D eigenvalue weighted by molar-refractivity contribution is 6.32. The molecule has 1 aromatic heterocycles. The summed E-state index contributed by atoms with van der Waals surface area (Å²) < 4.78 is 4.96. The van der Waals surface area contributed by atoms with Gasteiger partial charge in [-0.05, 0) is 35.6 Å². The molecule has 1 N–H and O–H groups in total. The van der Waals surface area contributed by atoms with Crippen LogP contribution in [-0.2, 0) is 0 Å². The van der Waals surface area contributed by atoms with E-state index in [1.54, 1.807) is 6.07 Å². The summed E-state index contributed by atoms with van der Waals surface area (Å²) in [5.41, 5.74) is 1.46. The lowest BCUT2D eigenvalue weighted by Crippen LogP contribution is -2.29. The minimum atomic E-state index is -0.210. The van der Waals surface area contributed by atoms with Gasteiger partial charge in [-0.15, -0.1) is 0 Å². The molecule has 3 nitrogen and oxygen atoms in total. The summed E-state index contributed by atoms with van der Waals surface area (Å²) in [4.78, 5) is 12.2. The van der Waals surface area contributed by atoms with E-state index in [0.717, 1.165) is 12.0 Å². The van der Waals surface area contributed by atoms with E-state index < -0.39 is 0 Å². The first-order valence-electron chi connectivity index (χ1n) is 6.66. The Balaban J connectivity index is 2.16. The number of carbonyl (C=O) groups excluding carboxylic acids is 1. The largest absolute Gasteiger partial charge is 0.452 e. The van der Waals surface area contributed by atoms with Crippen LogP contribution in [-0.4, -0.2) is 5.91 Å². The lowest BCUT2D eigenvalue weighted by Gasteiger charge is -2.21. The molecule has 2 aromatic rings. The number of benzene rings is 1. The zero-order chi connectivity index (χ0) is 14.5. The predicted molar refractivity (Wildman–Crippen MR) is 79.8 cm³/mol. The lowest BCUT2D eigenvalue weighted by molar-refractivity contribution is 0.0931. The van der Waals surface area contributed by atoms with Gasteiger partial charge in [-0.2, -0.15) is 0 Å². The second kappa shape index (κ2) is 6.62. The molecule has 1 amide bonds. The minimum Gasteiger partial charge on any atom is -0.452 e. The van der Waals surface area contributed by atoms with Crippen molar-refractivity contribution in [3.8, 4) is 0 Å². The predicted octanol–water partition coefficient (Wildman–Crippen LogP) is 4.45. The van der Waals surface area contributed by atoms with E-state index in [9.17, 15) is 4.79 Å². The van der Waals surface area contributed by atoms with Gasteiger partial charge in [-0.1, -0.05) is 44.2 Å². The van der Waals surface area contributed by atoms with E-state index in [4.69, 9.17) is 16.0 Å². The smallest absolute Gasteiger partial charge is 0.256 e. The van der Waals surface area contributed by atoms with Crippen LogP contribution < -0.4 is 5.32 Å². The maximum Gasteiger partial charge on any atom is 0.256 e. The summed E-state index contributed by atoms with van der Waals surface area (Å²) in [5, 5.41) is 3.15.